The monoisotopic (exact) mass is 309 g/mol. The summed E-state index contributed by atoms with van der Waals surface area (Å²) in [5.41, 5.74) is 3.05. The molecule has 1 aliphatic rings. The van der Waals surface area contributed by atoms with Gasteiger partial charge < -0.3 is 9.88 Å². The maximum Gasteiger partial charge on any atom is 0.247 e. The second-order valence-electron chi connectivity index (χ2n) is 6.30. The first-order chi connectivity index (χ1) is 11.1. The molecule has 1 unspecified atom stereocenters. The Hall–Kier alpha value is -2.36. The summed E-state index contributed by atoms with van der Waals surface area (Å²) < 4.78 is 0. The van der Waals surface area contributed by atoms with Crippen molar-refractivity contribution in [2.75, 3.05) is 6.54 Å². The summed E-state index contributed by atoms with van der Waals surface area (Å²) in [6.07, 6.45) is 6.81. The molecule has 0 aliphatic carbocycles. The highest BCUT2D eigenvalue weighted by Crippen LogP contribution is 2.30. The molecule has 2 heterocycles. The van der Waals surface area contributed by atoms with Gasteiger partial charge in [-0.2, -0.15) is 0 Å². The van der Waals surface area contributed by atoms with Crippen molar-refractivity contribution in [3.63, 3.8) is 0 Å². The van der Waals surface area contributed by atoms with Crippen molar-refractivity contribution in [3.8, 4) is 11.3 Å². The molecule has 1 N–H and O–H groups in total. The van der Waals surface area contributed by atoms with E-state index in [2.05, 4.69) is 4.98 Å². The van der Waals surface area contributed by atoms with Crippen LogP contribution >= 0.6 is 0 Å². The third-order valence-electron chi connectivity index (χ3n) is 4.18. The van der Waals surface area contributed by atoms with Crippen molar-refractivity contribution in [2.45, 2.75) is 39.2 Å². The number of likely N-dealkylation sites (tertiary alicyclic amines) is 1. The SMILES string of the molecule is CC(C)=CC(=O)N1CCCCC1c1nc(-c2ccccc2)c[nH]1. The van der Waals surface area contributed by atoms with Gasteiger partial charge in [-0.05, 0) is 33.1 Å². The van der Waals surface area contributed by atoms with E-state index in [1.807, 2.05) is 55.3 Å². The molecule has 1 aromatic carbocycles. The number of imidazole rings is 1. The Balaban J connectivity index is 1.85. The number of allylic oxidation sites excluding steroid dienone is 1. The molecule has 0 radical (unpaired) electrons. The second kappa shape index (κ2) is 6.82. The van der Waals surface area contributed by atoms with Crippen molar-refractivity contribution in [3.05, 3.63) is 54.0 Å². The Morgan fingerprint density at radius 2 is 2.04 bits per heavy atom. The number of aromatic nitrogens is 2. The van der Waals surface area contributed by atoms with Gasteiger partial charge in [0.15, 0.2) is 0 Å². The number of hydrogen-bond donors (Lipinski definition) is 1. The normalized spacial score (nSPS) is 17.8. The lowest BCUT2D eigenvalue weighted by atomic mass is 10.0. The first-order valence-electron chi connectivity index (χ1n) is 8.21. The van der Waals surface area contributed by atoms with Gasteiger partial charge >= 0.3 is 0 Å². The highest BCUT2D eigenvalue weighted by molar-refractivity contribution is 5.88. The molecule has 4 nitrogen and oxygen atoms in total. The zero-order valence-electron chi connectivity index (χ0n) is 13.7. The van der Waals surface area contributed by atoms with Crippen LogP contribution in [0.25, 0.3) is 11.3 Å². The Morgan fingerprint density at radius 3 is 2.78 bits per heavy atom. The number of benzene rings is 1. The molecular weight excluding hydrogens is 286 g/mol. The number of piperidine rings is 1. The number of rotatable bonds is 3. The minimum Gasteiger partial charge on any atom is -0.346 e. The molecule has 120 valence electrons. The maximum atomic E-state index is 12.5. The summed E-state index contributed by atoms with van der Waals surface area (Å²) in [4.78, 5) is 22.5. The summed E-state index contributed by atoms with van der Waals surface area (Å²) in [6.45, 7) is 4.71. The zero-order valence-corrected chi connectivity index (χ0v) is 13.7. The molecule has 1 fully saturated rings. The Kier molecular flexibility index (Phi) is 4.60. The van der Waals surface area contributed by atoms with E-state index in [1.165, 1.54) is 0 Å². The molecule has 4 heteroatoms. The summed E-state index contributed by atoms with van der Waals surface area (Å²) in [6, 6.07) is 10.2. The summed E-state index contributed by atoms with van der Waals surface area (Å²) in [5, 5.41) is 0. The van der Waals surface area contributed by atoms with Gasteiger partial charge in [0.25, 0.3) is 0 Å². The van der Waals surface area contributed by atoms with E-state index < -0.39 is 0 Å². The van der Waals surface area contributed by atoms with Crippen LogP contribution in [-0.4, -0.2) is 27.3 Å². The number of carbonyl (C=O) groups excluding carboxylic acids is 1. The predicted octanol–water partition coefficient (Wildman–Crippen LogP) is 4.10. The summed E-state index contributed by atoms with van der Waals surface area (Å²) >= 11 is 0. The molecule has 23 heavy (non-hydrogen) atoms. The number of nitrogens with one attached hydrogen (secondary N) is 1. The summed E-state index contributed by atoms with van der Waals surface area (Å²) in [7, 11) is 0. The number of amides is 1. The van der Waals surface area contributed by atoms with E-state index in [0.29, 0.717) is 0 Å². The van der Waals surface area contributed by atoms with Crippen LogP contribution in [-0.2, 0) is 4.79 Å². The minimum atomic E-state index is 0.0457. The van der Waals surface area contributed by atoms with Gasteiger partial charge in [-0.1, -0.05) is 35.9 Å². The lowest BCUT2D eigenvalue weighted by Crippen LogP contribution is -2.38. The topological polar surface area (TPSA) is 49.0 Å². The van der Waals surface area contributed by atoms with Gasteiger partial charge in [-0.3, -0.25) is 4.79 Å². The highest BCUT2D eigenvalue weighted by atomic mass is 16.2. The van der Waals surface area contributed by atoms with Gasteiger partial charge in [0.1, 0.15) is 5.82 Å². The quantitative estimate of drug-likeness (QED) is 0.868. The van der Waals surface area contributed by atoms with Gasteiger partial charge in [-0.25, -0.2) is 4.98 Å². The molecule has 1 atom stereocenters. The molecule has 1 saturated heterocycles. The lowest BCUT2D eigenvalue weighted by molar-refractivity contribution is -0.130. The van der Waals surface area contributed by atoms with E-state index in [0.717, 1.165) is 48.5 Å². The summed E-state index contributed by atoms with van der Waals surface area (Å²) in [5.74, 6) is 0.978. The van der Waals surface area contributed by atoms with Crippen LogP contribution in [0.5, 0.6) is 0 Å². The predicted molar refractivity (Wildman–Crippen MR) is 91.8 cm³/mol. The standard InChI is InChI=1S/C19H23N3O/c1-14(2)12-18(23)22-11-7-6-10-17(22)19-20-13-16(21-19)15-8-4-3-5-9-15/h3-5,8-9,12-13,17H,6-7,10-11H2,1-2H3,(H,20,21). The number of nitrogens with zero attached hydrogens (tertiary/aromatic N) is 2. The number of H-pyrrole nitrogens is 1. The van der Waals surface area contributed by atoms with Gasteiger partial charge in [0.05, 0.1) is 11.7 Å². The van der Waals surface area contributed by atoms with Crippen LogP contribution in [0.2, 0.25) is 0 Å². The number of carbonyl (C=O) groups is 1. The van der Waals surface area contributed by atoms with E-state index in [9.17, 15) is 4.79 Å². The first-order valence-corrected chi connectivity index (χ1v) is 8.21. The molecule has 2 aromatic rings. The Labute approximate surface area is 137 Å². The third-order valence-corrected chi connectivity index (χ3v) is 4.18. The fourth-order valence-electron chi connectivity index (χ4n) is 3.07. The average Bonchev–Trinajstić information content (AvgIpc) is 3.05. The first kappa shape index (κ1) is 15.5. The highest BCUT2D eigenvalue weighted by Gasteiger charge is 2.29. The fraction of sp³-hybridized carbons (Fsp3) is 0.368. The zero-order chi connectivity index (χ0) is 16.2. The smallest absolute Gasteiger partial charge is 0.247 e. The fourth-order valence-corrected chi connectivity index (χ4v) is 3.07. The third kappa shape index (κ3) is 3.52. The van der Waals surface area contributed by atoms with E-state index in [-0.39, 0.29) is 11.9 Å². The molecular formula is C19H23N3O. The van der Waals surface area contributed by atoms with E-state index in [4.69, 9.17) is 4.98 Å². The largest absolute Gasteiger partial charge is 0.346 e. The number of hydrogen-bond acceptors (Lipinski definition) is 2. The van der Waals surface area contributed by atoms with Crippen LogP contribution in [0.15, 0.2) is 48.2 Å². The average molecular weight is 309 g/mol. The van der Waals surface area contributed by atoms with Crippen LogP contribution in [0.4, 0.5) is 0 Å². The molecule has 0 spiro atoms. The van der Waals surface area contributed by atoms with Crippen LogP contribution in [0.3, 0.4) is 0 Å². The van der Waals surface area contributed by atoms with Crippen LogP contribution in [0, 0.1) is 0 Å². The van der Waals surface area contributed by atoms with Gasteiger partial charge in [0.2, 0.25) is 5.91 Å². The molecule has 1 aliphatic heterocycles. The van der Waals surface area contributed by atoms with Crippen molar-refractivity contribution >= 4 is 5.91 Å². The minimum absolute atomic E-state index is 0.0457. The van der Waals surface area contributed by atoms with Crippen molar-refractivity contribution in [1.82, 2.24) is 14.9 Å². The molecule has 0 saturated carbocycles. The van der Waals surface area contributed by atoms with Gasteiger partial charge in [-0.15, -0.1) is 0 Å². The lowest BCUT2D eigenvalue weighted by Gasteiger charge is -2.34. The van der Waals surface area contributed by atoms with Crippen molar-refractivity contribution in [2.24, 2.45) is 0 Å². The van der Waals surface area contributed by atoms with E-state index >= 15 is 0 Å². The Bertz CT molecular complexity index is 698. The molecule has 1 aromatic heterocycles. The Morgan fingerprint density at radius 1 is 1.26 bits per heavy atom. The molecule has 1 amide bonds. The molecule has 0 bridgehead atoms. The van der Waals surface area contributed by atoms with Crippen LogP contribution < -0.4 is 0 Å². The van der Waals surface area contributed by atoms with Crippen LogP contribution in [0.1, 0.15) is 45.0 Å². The van der Waals surface area contributed by atoms with E-state index in [1.54, 1.807) is 6.08 Å². The van der Waals surface area contributed by atoms with Gasteiger partial charge in [0, 0.05) is 24.4 Å². The number of aromatic amines is 1. The van der Waals surface area contributed by atoms with Crippen molar-refractivity contribution < 1.29 is 4.79 Å². The molecule has 3 rings (SSSR count). The van der Waals surface area contributed by atoms with Crippen molar-refractivity contribution in [1.29, 1.82) is 0 Å². The second-order valence-corrected chi connectivity index (χ2v) is 6.30. The maximum absolute atomic E-state index is 12.5.